The van der Waals surface area contributed by atoms with Crippen molar-refractivity contribution in [2.75, 3.05) is 18.8 Å². The van der Waals surface area contributed by atoms with Crippen molar-refractivity contribution in [2.24, 2.45) is 5.92 Å². The van der Waals surface area contributed by atoms with E-state index in [0.717, 1.165) is 31.4 Å². The van der Waals surface area contributed by atoms with Crippen LogP contribution in [-0.2, 0) is 0 Å². The summed E-state index contributed by atoms with van der Waals surface area (Å²) >= 11 is 0. The third-order valence-electron chi connectivity index (χ3n) is 3.54. The molecule has 1 aliphatic carbocycles. The molecule has 0 unspecified atom stereocenters. The van der Waals surface area contributed by atoms with Gasteiger partial charge in [0, 0.05) is 19.2 Å². The van der Waals surface area contributed by atoms with Crippen LogP contribution in [0.3, 0.4) is 0 Å². The molecule has 7 heteroatoms. The van der Waals surface area contributed by atoms with Crippen LogP contribution >= 0.6 is 0 Å². The zero-order valence-corrected chi connectivity index (χ0v) is 11.8. The van der Waals surface area contributed by atoms with Gasteiger partial charge in [-0.2, -0.15) is 0 Å². The fourth-order valence-electron chi connectivity index (χ4n) is 2.27. The molecule has 0 heterocycles. The van der Waals surface area contributed by atoms with Crippen LogP contribution in [0.5, 0.6) is 0 Å². The number of nitro benzene ring substituents is 1. The van der Waals surface area contributed by atoms with E-state index in [9.17, 15) is 19.3 Å². The molecule has 2 N–H and O–H groups in total. The first-order chi connectivity index (χ1) is 9.95. The van der Waals surface area contributed by atoms with Crippen LogP contribution in [0.15, 0.2) is 12.1 Å². The van der Waals surface area contributed by atoms with Crippen molar-refractivity contribution in [2.45, 2.75) is 26.2 Å². The van der Waals surface area contributed by atoms with Crippen molar-refractivity contribution in [3.8, 4) is 0 Å². The zero-order valence-electron chi connectivity index (χ0n) is 11.8. The smallest absolute Gasteiger partial charge is 0.293 e. The molecule has 0 aromatic heterocycles. The lowest BCUT2D eigenvalue weighted by molar-refractivity contribution is -0.384. The van der Waals surface area contributed by atoms with Gasteiger partial charge in [-0.3, -0.25) is 14.9 Å². The maximum atomic E-state index is 13.9. The molecule has 0 saturated heterocycles. The molecule has 6 nitrogen and oxygen atoms in total. The summed E-state index contributed by atoms with van der Waals surface area (Å²) in [6.07, 6.45) is 2.84. The summed E-state index contributed by atoms with van der Waals surface area (Å²) in [6.45, 7) is 2.95. The minimum atomic E-state index is -0.819. The predicted octanol–water partition coefficient (Wildman–Crippen LogP) is 2.58. The first kappa shape index (κ1) is 15.2. The average molecular weight is 295 g/mol. The highest BCUT2D eigenvalue weighted by molar-refractivity contribution is 6.01. The highest BCUT2D eigenvalue weighted by atomic mass is 19.1. The SMILES string of the molecule is CCCN(CC1CC1)C(=O)c1c(F)ccc([N+](=O)[O-])c1N. The number of anilines is 1. The van der Waals surface area contributed by atoms with E-state index in [2.05, 4.69) is 0 Å². The van der Waals surface area contributed by atoms with Crippen LogP contribution in [0.2, 0.25) is 0 Å². The molecule has 1 fully saturated rings. The Morgan fingerprint density at radius 1 is 1.52 bits per heavy atom. The summed E-state index contributed by atoms with van der Waals surface area (Å²) in [4.78, 5) is 24.2. The van der Waals surface area contributed by atoms with Crippen molar-refractivity contribution in [3.63, 3.8) is 0 Å². The number of hydrogen-bond donors (Lipinski definition) is 1. The monoisotopic (exact) mass is 295 g/mol. The third kappa shape index (κ3) is 3.29. The Morgan fingerprint density at radius 2 is 2.19 bits per heavy atom. The van der Waals surface area contributed by atoms with Crippen molar-refractivity contribution < 1.29 is 14.1 Å². The molecule has 0 aliphatic heterocycles. The van der Waals surface area contributed by atoms with Crippen molar-refractivity contribution >= 4 is 17.3 Å². The lowest BCUT2D eigenvalue weighted by atomic mass is 10.1. The molecule has 1 amide bonds. The van der Waals surface area contributed by atoms with Gasteiger partial charge in [-0.1, -0.05) is 6.92 Å². The van der Waals surface area contributed by atoms with Crippen molar-refractivity contribution in [1.82, 2.24) is 4.90 Å². The highest BCUT2D eigenvalue weighted by Gasteiger charge is 2.31. The van der Waals surface area contributed by atoms with Gasteiger partial charge in [0.05, 0.1) is 4.92 Å². The number of benzene rings is 1. The van der Waals surface area contributed by atoms with Gasteiger partial charge in [-0.15, -0.1) is 0 Å². The maximum absolute atomic E-state index is 13.9. The molecule has 0 atom stereocenters. The van der Waals surface area contributed by atoms with E-state index in [0.29, 0.717) is 19.0 Å². The second kappa shape index (κ2) is 6.07. The molecule has 2 rings (SSSR count). The normalized spacial score (nSPS) is 14.0. The summed E-state index contributed by atoms with van der Waals surface area (Å²) in [5, 5.41) is 10.9. The largest absolute Gasteiger partial charge is 0.392 e. The van der Waals surface area contributed by atoms with Crippen LogP contribution in [0.4, 0.5) is 15.8 Å². The minimum Gasteiger partial charge on any atom is -0.392 e. The summed E-state index contributed by atoms with van der Waals surface area (Å²) in [5.41, 5.74) is 4.40. The van der Waals surface area contributed by atoms with Crippen LogP contribution in [-0.4, -0.2) is 28.8 Å². The third-order valence-corrected chi connectivity index (χ3v) is 3.54. The van der Waals surface area contributed by atoms with Crippen molar-refractivity contribution in [3.05, 3.63) is 33.6 Å². The lowest BCUT2D eigenvalue weighted by Gasteiger charge is -2.23. The number of hydrogen-bond acceptors (Lipinski definition) is 4. The summed E-state index contributed by atoms with van der Waals surface area (Å²) in [6, 6.07) is 1.90. The Hall–Kier alpha value is -2.18. The van der Waals surface area contributed by atoms with Crippen molar-refractivity contribution in [1.29, 1.82) is 0 Å². The molecule has 0 radical (unpaired) electrons. The average Bonchev–Trinajstić information content (AvgIpc) is 3.21. The number of rotatable bonds is 6. The second-order valence-electron chi connectivity index (χ2n) is 5.31. The molecule has 114 valence electrons. The number of nitro groups is 1. The van der Waals surface area contributed by atoms with E-state index in [1.54, 1.807) is 0 Å². The standard InChI is InChI=1S/C14H18FN3O3/c1-2-7-17(8-9-3-4-9)14(19)12-10(15)5-6-11(13(12)16)18(20)21/h5-6,9H,2-4,7-8,16H2,1H3. The van der Waals surface area contributed by atoms with E-state index in [4.69, 9.17) is 5.73 Å². The number of nitrogens with two attached hydrogens (primary N) is 1. The number of nitrogens with zero attached hydrogens (tertiary/aromatic N) is 2. The van der Waals surface area contributed by atoms with E-state index in [1.807, 2.05) is 6.92 Å². The topological polar surface area (TPSA) is 89.5 Å². The van der Waals surface area contributed by atoms with Crippen LogP contribution in [0.1, 0.15) is 36.5 Å². The Labute approximate surface area is 121 Å². The fraction of sp³-hybridized carbons (Fsp3) is 0.500. The molecule has 1 aromatic rings. The first-order valence-corrected chi connectivity index (χ1v) is 6.97. The summed E-state index contributed by atoms with van der Waals surface area (Å²) in [7, 11) is 0. The summed E-state index contributed by atoms with van der Waals surface area (Å²) < 4.78 is 13.9. The summed E-state index contributed by atoms with van der Waals surface area (Å²) in [5.74, 6) is -0.939. The molecule has 1 aliphatic rings. The molecule has 0 spiro atoms. The Balaban J connectivity index is 2.35. The zero-order chi connectivity index (χ0) is 15.6. The molecule has 1 saturated carbocycles. The number of halogens is 1. The number of carbonyl (C=O) groups is 1. The predicted molar refractivity (Wildman–Crippen MR) is 76.4 cm³/mol. The van der Waals surface area contributed by atoms with Gasteiger partial charge < -0.3 is 10.6 Å². The lowest BCUT2D eigenvalue weighted by Crippen LogP contribution is -2.34. The molecule has 0 bridgehead atoms. The van der Waals surface area contributed by atoms with E-state index < -0.39 is 33.6 Å². The van der Waals surface area contributed by atoms with E-state index >= 15 is 0 Å². The fourth-order valence-corrected chi connectivity index (χ4v) is 2.27. The quantitative estimate of drug-likeness (QED) is 0.496. The van der Waals surface area contributed by atoms with E-state index in [-0.39, 0.29) is 0 Å². The van der Waals surface area contributed by atoms with Gasteiger partial charge in [-0.25, -0.2) is 4.39 Å². The number of carbonyl (C=O) groups excluding carboxylic acids is 1. The van der Waals surface area contributed by atoms with E-state index in [1.165, 1.54) is 4.90 Å². The van der Waals surface area contributed by atoms with Gasteiger partial charge in [0.25, 0.3) is 11.6 Å². The van der Waals surface area contributed by atoms with Crippen LogP contribution in [0, 0.1) is 21.8 Å². The Morgan fingerprint density at radius 3 is 2.71 bits per heavy atom. The molecular weight excluding hydrogens is 277 g/mol. The van der Waals surface area contributed by atoms with Gasteiger partial charge in [0.1, 0.15) is 17.1 Å². The van der Waals surface area contributed by atoms with Gasteiger partial charge in [-0.05, 0) is 31.2 Å². The highest BCUT2D eigenvalue weighted by Crippen LogP contribution is 2.32. The molecule has 1 aromatic carbocycles. The second-order valence-corrected chi connectivity index (χ2v) is 5.31. The maximum Gasteiger partial charge on any atom is 0.293 e. The molecule has 21 heavy (non-hydrogen) atoms. The van der Waals surface area contributed by atoms with Gasteiger partial charge in [0.15, 0.2) is 0 Å². The van der Waals surface area contributed by atoms with Gasteiger partial charge >= 0.3 is 0 Å². The Kier molecular flexibility index (Phi) is 4.40. The first-order valence-electron chi connectivity index (χ1n) is 6.97. The minimum absolute atomic E-state index is 0.390. The van der Waals surface area contributed by atoms with Crippen LogP contribution in [0.25, 0.3) is 0 Å². The molecular formula is C14H18FN3O3. The van der Waals surface area contributed by atoms with Crippen LogP contribution < -0.4 is 5.73 Å². The Bertz CT molecular complexity index is 573. The number of amides is 1. The van der Waals surface area contributed by atoms with Gasteiger partial charge in [0.2, 0.25) is 0 Å². The number of nitrogen functional groups attached to an aromatic ring is 1.